The minimum absolute atomic E-state index is 0.0655. The van der Waals surface area contributed by atoms with E-state index in [2.05, 4.69) is 0 Å². The van der Waals surface area contributed by atoms with E-state index in [4.69, 9.17) is 5.11 Å². The molecule has 0 aliphatic rings. The summed E-state index contributed by atoms with van der Waals surface area (Å²) in [5.41, 5.74) is 0. The highest BCUT2D eigenvalue weighted by atomic mass is 32.2. The zero-order chi connectivity index (χ0) is 11.6. The first-order valence-electron chi connectivity index (χ1n) is 4.53. The zero-order valence-electron chi connectivity index (χ0n) is 9.07. The zero-order valence-corrected chi connectivity index (χ0v) is 9.89. The van der Waals surface area contributed by atoms with Crippen LogP contribution >= 0.6 is 0 Å². The molecule has 0 fully saturated rings. The number of hydrogen-bond acceptors (Lipinski definition) is 3. The van der Waals surface area contributed by atoms with Crippen LogP contribution in [0.25, 0.3) is 0 Å². The van der Waals surface area contributed by atoms with Gasteiger partial charge in [-0.05, 0) is 27.2 Å². The van der Waals surface area contributed by atoms with Crippen LogP contribution in [0.3, 0.4) is 0 Å². The summed E-state index contributed by atoms with van der Waals surface area (Å²) in [4.78, 5) is 10.5. The van der Waals surface area contributed by atoms with E-state index < -0.39 is 26.5 Å². The summed E-state index contributed by atoms with van der Waals surface area (Å²) in [5, 5.41) is 8.59. The van der Waals surface area contributed by atoms with Gasteiger partial charge in [-0.2, -0.15) is 0 Å². The Balaban J connectivity index is 4.36. The van der Waals surface area contributed by atoms with Crippen LogP contribution in [0.4, 0.5) is 0 Å². The molecule has 0 saturated carbocycles. The van der Waals surface area contributed by atoms with Crippen LogP contribution in [0.5, 0.6) is 0 Å². The van der Waals surface area contributed by atoms with E-state index in [1.165, 1.54) is 6.92 Å². The molecule has 0 radical (unpaired) electrons. The van der Waals surface area contributed by atoms with Crippen LogP contribution in [0.2, 0.25) is 0 Å². The molecule has 0 saturated heterocycles. The highest BCUT2D eigenvalue weighted by Gasteiger charge is 2.29. The van der Waals surface area contributed by atoms with Gasteiger partial charge in [0.05, 0.1) is 16.4 Å². The summed E-state index contributed by atoms with van der Waals surface area (Å²) in [7, 11) is -3.19. The summed E-state index contributed by atoms with van der Waals surface area (Å²) < 4.78 is 22.4. The molecule has 1 atom stereocenters. The average Bonchev–Trinajstić information content (AvgIpc) is 1.97. The van der Waals surface area contributed by atoms with Crippen molar-refractivity contribution in [3.05, 3.63) is 0 Å². The second-order valence-electron chi connectivity index (χ2n) is 4.46. The highest BCUT2D eigenvalue weighted by molar-refractivity contribution is 7.92. The first-order chi connectivity index (χ1) is 6.08. The van der Waals surface area contributed by atoms with Gasteiger partial charge in [0.2, 0.25) is 0 Å². The smallest absolute Gasteiger partial charge is 0.306 e. The van der Waals surface area contributed by atoms with Gasteiger partial charge in [-0.15, -0.1) is 0 Å². The third kappa shape index (κ3) is 3.65. The molecule has 0 aromatic heterocycles. The normalized spacial score (nSPS) is 15.1. The Bertz CT molecular complexity index is 297. The van der Waals surface area contributed by atoms with Crippen molar-refractivity contribution in [1.82, 2.24) is 0 Å². The minimum atomic E-state index is -3.19. The van der Waals surface area contributed by atoms with Gasteiger partial charge in [0.25, 0.3) is 0 Å². The van der Waals surface area contributed by atoms with Crippen molar-refractivity contribution in [3.63, 3.8) is 0 Å². The van der Waals surface area contributed by atoms with Crippen molar-refractivity contribution >= 4 is 15.8 Å². The number of carboxylic acid groups (broad SMARTS) is 1. The maximum Gasteiger partial charge on any atom is 0.306 e. The van der Waals surface area contributed by atoms with E-state index in [1.54, 1.807) is 20.8 Å². The fourth-order valence-electron chi connectivity index (χ4n) is 0.762. The summed E-state index contributed by atoms with van der Waals surface area (Å²) >= 11 is 0. The van der Waals surface area contributed by atoms with Crippen LogP contribution in [-0.4, -0.2) is 30.0 Å². The van der Waals surface area contributed by atoms with E-state index in [0.717, 1.165) is 0 Å². The average molecular weight is 222 g/mol. The lowest BCUT2D eigenvalue weighted by atomic mass is 10.1. The molecule has 0 aromatic carbocycles. The Morgan fingerprint density at radius 1 is 1.36 bits per heavy atom. The van der Waals surface area contributed by atoms with Gasteiger partial charge >= 0.3 is 5.97 Å². The lowest BCUT2D eigenvalue weighted by molar-refractivity contribution is -0.141. The maximum atomic E-state index is 11.6. The molecule has 0 rings (SSSR count). The van der Waals surface area contributed by atoms with E-state index >= 15 is 0 Å². The Morgan fingerprint density at radius 3 is 2.07 bits per heavy atom. The van der Waals surface area contributed by atoms with Crippen molar-refractivity contribution in [2.24, 2.45) is 5.92 Å². The monoisotopic (exact) mass is 222 g/mol. The molecular formula is C9H18O4S. The summed E-state index contributed by atoms with van der Waals surface area (Å²) in [6, 6.07) is 0. The van der Waals surface area contributed by atoms with Gasteiger partial charge in [-0.3, -0.25) is 4.79 Å². The third-order valence-electron chi connectivity index (χ3n) is 2.17. The molecular weight excluding hydrogens is 204 g/mol. The molecule has 1 unspecified atom stereocenters. The minimum Gasteiger partial charge on any atom is -0.481 e. The van der Waals surface area contributed by atoms with Crippen molar-refractivity contribution in [2.45, 2.75) is 38.9 Å². The summed E-state index contributed by atoms with van der Waals surface area (Å²) in [6.07, 6.45) is 0.176. The Hall–Kier alpha value is -0.580. The summed E-state index contributed by atoms with van der Waals surface area (Å²) in [6.45, 7) is 6.37. The third-order valence-corrected chi connectivity index (χ3v) is 4.81. The molecule has 5 heteroatoms. The van der Waals surface area contributed by atoms with Crippen LogP contribution in [0, 0.1) is 5.92 Å². The van der Waals surface area contributed by atoms with E-state index in [-0.39, 0.29) is 12.2 Å². The van der Waals surface area contributed by atoms with Gasteiger partial charge < -0.3 is 5.11 Å². The molecule has 0 heterocycles. The second-order valence-corrected chi connectivity index (χ2v) is 7.32. The molecule has 4 nitrogen and oxygen atoms in total. The number of aliphatic carboxylic acids is 1. The van der Waals surface area contributed by atoms with E-state index in [0.29, 0.717) is 0 Å². The molecule has 0 aromatic rings. The predicted molar refractivity (Wildman–Crippen MR) is 55.0 cm³/mol. The number of carbonyl (C=O) groups is 1. The van der Waals surface area contributed by atoms with Crippen molar-refractivity contribution < 1.29 is 18.3 Å². The topological polar surface area (TPSA) is 71.4 Å². The Labute approximate surface area is 85.2 Å². The van der Waals surface area contributed by atoms with Gasteiger partial charge in [-0.1, -0.05) is 6.92 Å². The molecule has 0 aliphatic heterocycles. The van der Waals surface area contributed by atoms with Gasteiger partial charge in [0.1, 0.15) is 0 Å². The first-order valence-corrected chi connectivity index (χ1v) is 6.18. The van der Waals surface area contributed by atoms with Gasteiger partial charge in [0, 0.05) is 0 Å². The van der Waals surface area contributed by atoms with Crippen molar-refractivity contribution in [1.29, 1.82) is 0 Å². The lowest BCUT2D eigenvalue weighted by Gasteiger charge is -2.19. The molecule has 0 aliphatic carbocycles. The second kappa shape index (κ2) is 4.29. The van der Waals surface area contributed by atoms with Gasteiger partial charge in [0.15, 0.2) is 9.84 Å². The molecule has 14 heavy (non-hydrogen) atoms. The maximum absolute atomic E-state index is 11.6. The Kier molecular flexibility index (Phi) is 4.12. The first kappa shape index (κ1) is 13.4. The lowest BCUT2D eigenvalue weighted by Crippen LogP contribution is -2.31. The van der Waals surface area contributed by atoms with Crippen LogP contribution in [0.1, 0.15) is 34.1 Å². The van der Waals surface area contributed by atoms with E-state index in [9.17, 15) is 13.2 Å². The van der Waals surface area contributed by atoms with Crippen LogP contribution in [-0.2, 0) is 14.6 Å². The fourth-order valence-corrected chi connectivity index (χ4v) is 2.04. The fraction of sp³-hybridized carbons (Fsp3) is 0.889. The molecule has 84 valence electrons. The SMILES string of the molecule is CC(CCS(=O)(=O)C(C)(C)C)C(=O)O. The standard InChI is InChI=1S/C9H18O4S/c1-7(8(10)11)5-6-14(12,13)9(2,3)4/h7H,5-6H2,1-4H3,(H,10,11). The van der Waals surface area contributed by atoms with Crippen LogP contribution in [0.15, 0.2) is 0 Å². The van der Waals surface area contributed by atoms with Crippen molar-refractivity contribution in [2.75, 3.05) is 5.75 Å². The highest BCUT2D eigenvalue weighted by Crippen LogP contribution is 2.18. The summed E-state index contributed by atoms with van der Waals surface area (Å²) in [5.74, 6) is -1.62. The Morgan fingerprint density at radius 2 is 1.79 bits per heavy atom. The van der Waals surface area contributed by atoms with Crippen molar-refractivity contribution in [3.8, 4) is 0 Å². The number of hydrogen-bond donors (Lipinski definition) is 1. The predicted octanol–water partition coefficient (Wildman–Crippen LogP) is 1.31. The molecule has 0 spiro atoms. The molecule has 0 bridgehead atoms. The largest absolute Gasteiger partial charge is 0.481 e. The van der Waals surface area contributed by atoms with Gasteiger partial charge in [-0.25, -0.2) is 8.42 Å². The molecule has 0 amide bonds. The molecule has 1 N–H and O–H groups in total. The number of rotatable bonds is 4. The van der Waals surface area contributed by atoms with Crippen LogP contribution < -0.4 is 0 Å². The quantitative estimate of drug-likeness (QED) is 0.778. The number of sulfone groups is 1. The number of carboxylic acids is 1. The van der Waals surface area contributed by atoms with E-state index in [1.807, 2.05) is 0 Å².